The molecule has 144 valence electrons. The van der Waals surface area contributed by atoms with Crippen LogP contribution in [0.5, 0.6) is 0 Å². The van der Waals surface area contributed by atoms with Crippen molar-refractivity contribution in [3.8, 4) is 22.3 Å². The summed E-state index contributed by atoms with van der Waals surface area (Å²) in [4.78, 5) is 0. The Morgan fingerprint density at radius 1 is 0.643 bits per heavy atom. The minimum absolute atomic E-state index is 0.00312. The van der Waals surface area contributed by atoms with Crippen LogP contribution in [0.1, 0.15) is 63.8 Å². The molecule has 0 amide bonds. The van der Waals surface area contributed by atoms with E-state index >= 15 is 0 Å². The van der Waals surface area contributed by atoms with E-state index in [1.165, 1.54) is 38.9 Å². The highest BCUT2D eigenvalue weighted by molar-refractivity contribution is 5.83. The Kier molecular flexibility index (Phi) is 4.26. The first-order valence-corrected chi connectivity index (χ1v) is 10.1. The number of benzene rings is 3. The van der Waals surface area contributed by atoms with Crippen LogP contribution in [0.15, 0.2) is 54.6 Å². The standard InChI is InChI=1S/C27H29F/c1-26(2,3)20-10-7-18-13-19-14-24(17-8-11-21(28)12-9-17)25(27(4,5)6)16-23(19)22(18)15-20/h7-12,14-16H,13H2,1-6H3. The van der Waals surface area contributed by atoms with Crippen LogP contribution < -0.4 is 0 Å². The van der Waals surface area contributed by atoms with E-state index in [0.29, 0.717) is 0 Å². The molecular weight excluding hydrogens is 343 g/mol. The van der Waals surface area contributed by atoms with Crippen LogP contribution in [0, 0.1) is 5.82 Å². The average molecular weight is 373 g/mol. The second kappa shape index (κ2) is 6.30. The molecule has 0 radical (unpaired) electrons. The summed E-state index contributed by atoms with van der Waals surface area (Å²) in [5, 5.41) is 0. The topological polar surface area (TPSA) is 0 Å². The van der Waals surface area contributed by atoms with Gasteiger partial charge in [-0.05, 0) is 86.0 Å². The summed E-state index contributed by atoms with van der Waals surface area (Å²) in [5.41, 5.74) is 10.6. The van der Waals surface area contributed by atoms with Crippen molar-refractivity contribution < 1.29 is 4.39 Å². The molecule has 1 heteroatoms. The molecule has 0 aliphatic heterocycles. The molecule has 28 heavy (non-hydrogen) atoms. The number of halogens is 1. The van der Waals surface area contributed by atoms with Crippen LogP contribution in [0.4, 0.5) is 4.39 Å². The predicted octanol–water partition coefficient (Wildman–Crippen LogP) is 7.66. The third-order valence-electron chi connectivity index (χ3n) is 5.85. The Labute approximate surface area is 168 Å². The van der Waals surface area contributed by atoms with Crippen molar-refractivity contribution in [2.45, 2.75) is 58.8 Å². The van der Waals surface area contributed by atoms with Gasteiger partial charge in [0.25, 0.3) is 0 Å². The van der Waals surface area contributed by atoms with Crippen molar-refractivity contribution in [2.24, 2.45) is 0 Å². The second-order valence-electron chi connectivity index (χ2n) is 10.1. The van der Waals surface area contributed by atoms with Gasteiger partial charge in [0, 0.05) is 0 Å². The fourth-order valence-corrected chi connectivity index (χ4v) is 4.18. The lowest BCUT2D eigenvalue weighted by molar-refractivity contribution is 0.590. The smallest absolute Gasteiger partial charge is 0.123 e. The van der Waals surface area contributed by atoms with Crippen LogP contribution >= 0.6 is 0 Å². The maximum Gasteiger partial charge on any atom is 0.123 e. The van der Waals surface area contributed by atoms with E-state index in [9.17, 15) is 4.39 Å². The van der Waals surface area contributed by atoms with Crippen LogP contribution in [-0.2, 0) is 17.3 Å². The molecule has 1 aliphatic carbocycles. The number of fused-ring (bicyclic) bond motifs is 3. The summed E-state index contributed by atoms with van der Waals surface area (Å²) in [7, 11) is 0. The summed E-state index contributed by atoms with van der Waals surface area (Å²) in [6, 6.07) is 18.6. The quantitative estimate of drug-likeness (QED) is 0.322. The van der Waals surface area contributed by atoms with E-state index in [-0.39, 0.29) is 16.6 Å². The highest BCUT2D eigenvalue weighted by Crippen LogP contribution is 2.44. The molecule has 1 aliphatic rings. The molecule has 0 saturated heterocycles. The summed E-state index contributed by atoms with van der Waals surface area (Å²) < 4.78 is 13.5. The lowest BCUT2D eigenvalue weighted by Gasteiger charge is -2.25. The zero-order chi connectivity index (χ0) is 20.3. The SMILES string of the molecule is CC(C)(C)c1ccc2c(c1)-c1cc(C(C)(C)C)c(-c3ccc(F)cc3)cc1C2. The molecule has 4 rings (SSSR count). The van der Waals surface area contributed by atoms with Crippen molar-refractivity contribution in [1.82, 2.24) is 0 Å². The molecule has 3 aromatic rings. The zero-order valence-electron chi connectivity index (χ0n) is 17.8. The van der Waals surface area contributed by atoms with Gasteiger partial charge in [-0.25, -0.2) is 4.39 Å². The molecule has 0 fully saturated rings. The highest BCUT2D eigenvalue weighted by atomic mass is 19.1. The maximum atomic E-state index is 13.5. The molecule has 0 spiro atoms. The molecule has 0 bridgehead atoms. The average Bonchev–Trinajstić information content (AvgIpc) is 2.96. The van der Waals surface area contributed by atoms with Gasteiger partial charge in [0.05, 0.1) is 0 Å². The van der Waals surface area contributed by atoms with Gasteiger partial charge in [0.1, 0.15) is 5.82 Å². The lowest BCUT2D eigenvalue weighted by Crippen LogP contribution is -2.13. The molecule has 0 heterocycles. The molecule has 0 unspecified atom stereocenters. The van der Waals surface area contributed by atoms with E-state index in [2.05, 4.69) is 71.9 Å². The first-order valence-electron chi connectivity index (χ1n) is 10.1. The van der Waals surface area contributed by atoms with Crippen molar-refractivity contribution in [3.05, 3.63) is 82.7 Å². The van der Waals surface area contributed by atoms with Gasteiger partial charge < -0.3 is 0 Å². The molecule has 0 saturated carbocycles. The molecule has 0 N–H and O–H groups in total. The van der Waals surface area contributed by atoms with E-state index in [1.54, 1.807) is 12.1 Å². The van der Waals surface area contributed by atoms with Crippen LogP contribution in [0.2, 0.25) is 0 Å². The lowest BCUT2D eigenvalue weighted by atomic mass is 9.79. The molecule has 3 aromatic carbocycles. The number of rotatable bonds is 1. The van der Waals surface area contributed by atoms with Gasteiger partial charge in [0.2, 0.25) is 0 Å². The monoisotopic (exact) mass is 372 g/mol. The van der Waals surface area contributed by atoms with Crippen LogP contribution in [0.25, 0.3) is 22.3 Å². The predicted molar refractivity (Wildman–Crippen MR) is 117 cm³/mol. The third kappa shape index (κ3) is 3.28. The molecule has 0 aromatic heterocycles. The van der Waals surface area contributed by atoms with E-state index in [0.717, 1.165) is 12.0 Å². The first-order chi connectivity index (χ1) is 13.0. The first kappa shape index (κ1) is 18.9. The van der Waals surface area contributed by atoms with Gasteiger partial charge >= 0.3 is 0 Å². The largest absolute Gasteiger partial charge is 0.207 e. The van der Waals surface area contributed by atoms with E-state index in [1.807, 2.05) is 12.1 Å². The van der Waals surface area contributed by atoms with E-state index < -0.39 is 0 Å². The van der Waals surface area contributed by atoms with E-state index in [4.69, 9.17) is 0 Å². The number of hydrogen-bond acceptors (Lipinski definition) is 0. The summed E-state index contributed by atoms with van der Waals surface area (Å²) >= 11 is 0. The molecule has 0 nitrogen and oxygen atoms in total. The Bertz CT molecular complexity index is 1040. The zero-order valence-corrected chi connectivity index (χ0v) is 17.8. The summed E-state index contributed by atoms with van der Waals surface area (Å²) in [6.45, 7) is 13.6. The Morgan fingerprint density at radius 2 is 1.29 bits per heavy atom. The van der Waals surface area contributed by atoms with Crippen molar-refractivity contribution in [3.63, 3.8) is 0 Å². The molecular formula is C27H29F. The second-order valence-corrected chi connectivity index (χ2v) is 10.1. The van der Waals surface area contributed by atoms with Crippen molar-refractivity contribution in [1.29, 1.82) is 0 Å². The highest BCUT2D eigenvalue weighted by Gasteiger charge is 2.27. The van der Waals surface area contributed by atoms with Crippen LogP contribution in [-0.4, -0.2) is 0 Å². The Hall–Kier alpha value is -2.41. The van der Waals surface area contributed by atoms with Crippen molar-refractivity contribution in [2.75, 3.05) is 0 Å². The van der Waals surface area contributed by atoms with Gasteiger partial charge in [0.15, 0.2) is 0 Å². The summed E-state index contributed by atoms with van der Waals surface area (Å²) in [5.74, 6) is -0.190. The third-order valence-corrected chi connectivity index (χ3v) is 5.85. The van der Waals surface area contributed by atoms with Gasteiger partial charge in [-0.1, -0.05) is 71.9 Å². The normalized spacial score (nSPS) is 13.4. The minimum atomic E-state index is -0.190. The van der Waals surface area contributed by atoms with Gasteiger partial charge in [-0.15, -0.1) is 0 Å². The van der Waals surface area contributed by atoms with Crippen molar-refractivity contribution >= 4 is 0 Å². The number of hydrogen-bond donors (Lipinski definition) is 0. The fourth-order valence-electron chi connectivity index (χ4n) is 4.18. The maximum absolute atomic E-state index is 13.5. The Morgan fingerprint density at radius 3 is 1.89 bits per heavy atom. The summed E-state index contributed by atoms with van der Waals surface area (Å²) in [6.07, 6.45) is 0.966. The Balaban J connectivity index is 1.92. The van der Waals surface area contributed by atoms with Crippen LogP contribution in [0.3, 0.4) is 0 Å². The molecule has 0 atom stereocenters. The van der Waals surface area contributed by atoms with Gasteiger partial charge in [-0.3, -0.25) is 0 Å². The van der Waals surface area contributed by atoms with Gasteiger partial charge in [-0.2, -0.15) is 0 Å². The minimum Gasteiger partial charge on any atom is -0.207 e. The fraction of sp³-hybridized carbons (Fsp3) is 0.333.